The van der Waals surface area contributed by atoms with Crippen LogP contribution < -0.4 is 10.1 Å². The molecule has 1 N–H and O–H groups in total. The molecule has 0 spiro atoms. The summed E-state index contributed by atoms with van der Waals surface area (Å²) in [6.45, 7) is 3.23. The molecule has 1 amide bonds. The van der Waals surface area contributed by atoms with Crippen molar-refractivity contribution in [2.75, 3.05) is 58.9 Å². The first-order valence-corrected chi connectivity index (χ1v) is 12.1. The maximum Gasteiger partial charge on any atom is 0.255 e. The molecular formula is C21H26BrN3O5S. The highest BCUT2D eigenvalue weighted by Crippen LogP contribution is 2.27. The van der Waals surface area contributed by atoms with E-state index < -0.39 is 10.0 Å². The monoisotopic (exact) mass is 511 g/mol. The first kappa shape index (κ1) is 23.7. The van der Waals surface area contributed by atoms with Crippen LogP contribution in [0, 0.1) is 0 Å². The molecule has 31 heavy (non-hydrogen) atoms. The van der Waals surface area contributed by atoms with Crippen molar-refractivity contribution in [1.82, 2.24) is 9.21 Å². The number of piperazine rings is 1. The number of benzene rings is 2. The molecule has 1 aliphatic rings. The maximum atomic E-state index is 12.8. The van der Waals surface area contributed by atoms with Crippen LogP contribution in [-0.2, 0) is 14.8 Å². The average molecular weight is 512 g/mol. The summed E-state index contributed by atoms with van der Waals surface area (Å²) < 4.78 is 38.3. The average Bonchev–Trinajstić information content (AvgIpc) is 2.75. The molecule has 3 rings (SSSR count). The van der Waals surface area contributed by atoms with Gasteiger partial charge in [0.2, 0.25) is 10.0 Å². The lowest BCUT2D eigenvalue weighted by Crippen LogP contribution is -2.46. The summed E-state index contributed by atoms with van der Waals surface area (Å²) in [6, 6.07) is 11.3. The normalized spacial score (nSPS) is 15.6. The van der Waals surface area contributed by atoms with Gasteiger partial charge < -0.3 is 19.7 Å². The van der Waals surface area contributed by atoms with Gasteiger partial charge in [-0.3, -0.25) is 4.79 Å². The second kappa shape index (κ2) is 10.6. The Balaban J connectivity index is 1.64. The van der Waals surface area contributed by atoms with Gasteiger partial charge in [-0.1, -0.05) is 0 Å². The van der Waals surface area contributed by atoms with E-state index in [2.05, 4.69) is 26.1 Å². The summed E-state index contributed by atoms with van der Waals surface area (Å²) in [6.07, 6.45) is 0. The number of nitrogens with one attached hydrogen (secondary N) is 1. The van der Waals surface area contributed by atoms with Gasteiger partial charge in [-0.15, -0.1) is 0 Å². The van der Waals surface area contributed by atoms with E-state index >= 15 is 0 Å². The number of nitrogens with zero attached hydrogens (tertiary/aromatic N) is 2. The van der Waals surface area contributed by atoms with Gasteiger partial charge in [0.25, 0.3) is 5.91 Å². The Kier molecular flexibility index (Phi) is 8.06. The molecule has 1 heterocycles. The molecule has 1 aliphatic heterocycles. The van der Waals surface area contributed by atoms with Crippen molar-refractivity contribution in [1.29, 1.82) is 0 Å². The number of anilines is 1. The molecule has 0 aliphatic carbocycles. The zero-order valence-electron chi connectivity index (χ0n) is 17.5. The Morgan fingerprint density at radius 3 is 2.35 bits per heavy atom. The number of rotatable bonds is 8. The summed E-state index contributed by atoms with van der Waals surface area (Å²) in [5.74, 6) is 0.311. The fraction of sp³-hybridized carbons (Fsp3) is 0.381. The van der Waals surface area contributed by atoms with Crippen molar-refractivity contribution in [2.24, 2.45) is 0 Å². The van der Waals surface area contributed by atoms with Crippen LogP contribution in [-0.4, -0.2) is 77.1 Å². The molecule has 0 unspecified atom stereocenters. The molecule has 8 nitrogen and oxygen atoms in total. The number of hydrogen-bond acceptors (Lipinski definition) is 6. The van der Waals surface area contributed by atoms with Crippen LogP contribution in [0.4, 0.5) is 5.69 Å². The number of hydrogen-bond donors (Lipinski definition) is 1. The molecule has 0 atom stereocenters. The van der Waals surface area contributed by atoms with E-state index in [-0.39, 0.29) is 10.8 Å². The Bertz CT molecular complexity index is 1010. The predicted molar refractivity (Wildman–Crippen MR) is 122 cm³/mol. The van der Waals surface area contributed by atoms with Crippen LogP contribution >= 0.6 is 15.9 Å². The summed E-state index contributed by atoms with van der Waals surface area (Å²) in [5.41, 5.74) is 0.957. The van der Waals surface area contributed by atoms with E-state index in [1.54, 1.807) is 37.4 Å². The molecule has 10 heteroatoms. The van der Waals surface area contributed by atoms with Crippen LogP contribution in [0.2, 0.25) is 0 Å². The highest BCUT2D eigenvalue weighted by molar-refractivity contribution is 9.10. The minimum atomic E-state index is -3.54. The van der Waals surface area contributed by atoms with Crippen LogP contribution in [0.15, 0.2) is 51.8 Å². The van der Waals surface area contributed by atoms with Gasteiger partial charge in [0.15, 0.2) is 0 Å². The lowest BCUT2D eigenvalue weighted by atomic mass is 10.2. The fourth-order valence-electron chi connectivity index (χ4n) is 3.09. The zero-order valence-corrected chi connectivity index (χ0v) is 19.9. The Morgan fingerprint density at radius 1 is 1.06 bits per heavy atom. The first-order chi connectivity index (χ1) is 14.8. The summed E-state index contributed by atoms with van der Waals surface area (Å²) in [7, 11) is 0.0336. The fourth-order valence-corrected chi connectivity index (χ4v) is 5.00. The van der Waals surface area contributed by atoms with Crippen molar-refractivity contribution in [3.63, 3.8) is 0 Å². The molecule has 0 radical (unpaired) electrons. The number of ether oxygens (including phenoxy) is 2. The van der Waals surface area contributed by atoms with E-state index in [1.807, 2.05) is 7.05 Å². The lowest BCUT2D eigenvalue weighted by Gasteiger charge is -2.31. The Hall–Kier alpha value is -1.98. The largest absolute Gasteiger partial charge is 0.490 e. The van der Waals surface area contributed by atoms with Crippen molar-refractivity contribution < 1.29 is 22.7 Å². The molecule has 2 aromatic rings. The molecule has 1 saturated heterocycles. The summed E-state index contributed by atoms with van der Waals surface area (Å²) >= 11 is 3.41. The molecule has 0 bridgehead atoms. The van der Waals surface area contributed by atoms with Crippen LogP contribution in [0.5, 0.6) is 5.75 Å². The van der Waals surface area contributed by atoms with Crippen LogP contribution in [0.3, 0.4) is 0 Å². The SMILES string of the molecule is COCCOc1ccc(C(=O)Nc2ccc(S(=O)(=O)N3CCN(C)CC3)cc2)cc1Br. The highest BCUT2D eigenvalue weighted by atomic mass is 79.9. The van der Waals surface area contributed by atoms with Crippen molar-refractivity contribution in [3.05, 3.63) is 52.5 Å². The third kappa shape index (κ3) is 6.05. The molecule has 2 aromatic carbocycles. The van der Waals surface area contributed by atoms with E-state index in [0.717, 1.165) is 0 Å². The zero-order chi connectivity index (χ0) is 22.4. The van der Waals surface area contributed by atoms with E-state index in [0.29, 0.717) is 60.9 Å². The highest BCUT2D eigenvalue weighted by Gasteiger charge is 2.27. The number of carbonyl (C=O) groups is 1. The molecular weight excluding hydrogens is 486 g/mol. The van der Waals surface area contributed by atoms with E-state index in [9.17, 15) is 13.2 Å². The third-order valence-corrected chi connectivity index (χ3v) is 7.48. The lowest BCUT2D eigenvalue weighted by molar-refractivity contribution is 0.102. The van der Waals surface area contributed by atoms with Gasteiger partial charge in [0.05, 0.1) is 16.0 Å². The van der Waals surface area contributed by atoms with Gasteiger partial charge in [-0.2, -0.15) is 4.31 Å². The minimum absolute atomic E-state index is 0.218. The topological polar surface area (TPSA) is 88.2 Å². The number of methoxy groups -OCH3 is 1. The number of halogens is 1. The summed E-state index contributed by atoms with van der Waals surface area (Å²) in [4.78, 5) is 14.9. The smallest absolute Gasteiger partial charge is 0.255 e. The van der Waals surface area contributed by atoms with Crippen molar-refractivity contribution >= 4 is 37.5 Å². The van der Waals surface area contributed by atoms with Crippen LogP contribution in [0.1, 0.15) is 10.4 Å². The van der Waals surface area contributed by atoms with E-state index in [4.69, 9.17) is 9.47 Å². The van der Waals surface area contributed by atoms with Crippen LogP contribution in [0.25, 0.3) is 0 Å². The Labute approximate surface area is 191 Å². The number of carbonyl (C=O) groups excluding carboxylic acids is 1. The predicted octanol–water partition coefficient (Wildman–Crippen LogP) is 2.66. The second-order valence-electron chi connectivity index (χ2n) is 7.17. The summed E-state index contributed by atoms with van der Waals surface area (Å²) in [5, 5.41) is 2.79. The van der Waals surface area contributed by atoms with E-state index in [1.165, 1.54) is 16.4 Å². The van der Waals surface area contributed by atoms with Crippen molar-refractivity contribution in [3.8, 4) is 5.75 Å². The van der Waals surface area contributed by atoms with Gasteiger partial charge in [0, 0.05) is 44.5 Å². The van der Waals surface area contributed by atoms with Gasteiger partial charge in [-0.25, -0.2) is 8.42 Å². The minimum Gasteiger partial charge on any atom is -0.490 e. The quantitative estimate of drug-likeness (QED) is 0.548. The molecule has 1 fully saturated rings. The van der Waals surface area contributed by atoms with Crippen molar-refractivity contribution in [2.45, 2.75) is 4.90 Å². The standard InChI is InChI=1S/C21H26BrN3O5S/c1-24-9-11-25(12-10-24)31(27,28)18-6-4-17(5-7-18)23-21(26)16-3-8-20(19(22)15-16)30-14-13-29-2/h3-8,15H,9-14H2,1-2H3,(H,23,26). The van der Waals surface area contributed by atoms with Gasteiger partial charge in [-0.05, 0) is 65.4 Å². The number of amides is 1. The van der Waals surface area contributed by atoms with Gasteiger partial charge >= 0.3 is 0 Å². The number of likely N-dealkylation sites (N-methyl/N-ethyl adjacent to an activating group) is 1. The maximum absolute atomic E-state index is 12.8. The third-order valence-electron chi connectivity index (χ3n) is 4.95. The second-order valence-corrected chi connectivity index (χ2v) is 9.96. The first-order valence-electron chi connectivity index (χ1n) is 9.82. The molecule has 0 aromatic heterocycles. The number of sulfonamides is 1. The molecule has 0 saturated carbocycles. The Morgan fingerprint density at radius 2 is 1.74 bits per heavy atom. The molecule has 168 valence electrons. The van der Waals surface area contributed by atoms with Gasteiger partial charge in [0.1, 0.15) is 12.4 Å².